The van der Waals surface area contributed by atoms with Crippen LogP contribution >= 0.6 is 27.7 Å². The number of alkyl halides is 1. The second kappa shape index (κ2) is 5.56. The van der Waals surface area contributed by atoms with Gasteiger partial charge in [0.25, 0.3) is 0 Å². The van der Waals surface area contributed by atoms with Crippen molar-refractivity contribution in [2.24, 2.45) is 0 Å². The van der Waals surface area contributed by atoms with E-state index in [2.05, 4.69) is 27.8 Å². The Bertz CT molecular complexity index is 346. The number of Topliss-reactive ketones (excluding diaryl/α,β-unsaturated/α-hetero) is 1. The molecule has 2 nitrogen and oxygen atoms in total. The molecule has 1 heterocycles. The normalized spacial score (nSPS) is 10.1. The molecule has 0 saturated carbocycles. The van der Waals surface area contributed by atoms with E-state index in [0.717, 1.165) is 16.1 Å². The number of pyridine rings is 1. The van der Waals surface area contributed by atoms with E-state index in [1.807, 2.05) is 13.9 Å². The fourth-order valence-electron chi connectivity index (χ4n) is 1.08. The highest BCUT2D eigenvalue weighted by atomic mass is 79.9. The molecule has 1 aromatic rings. The van der Waals surface area contributed by atoms with Crippen molar-refractivity contribution in [3.05, 3.63) is 18.0 Å². The number of rotatable bonds is 4. The average molecular weight is 272 g/mol. The number of hydrogen-bond donors (Lipinski definition) is 0. The van der Waals surface area contributed by atoms with E-state index in [0.29, 0.717) is 11.0 Å². The molecule has 0 atom stereocenters. The lowest BCUT2D eigenvalue weighted by atomic mass is 9.98. The van der Waals surface area contributed by atoms with Crippen LogP contribution in [0.3, 0.4) is 0 Å². The van der Waals surface area contributed by atoms with Gasteiger partial charge in [-0.15, -0.1) is 11.8 Å². The number of aromatic nitrogens is 1. The molecule has 0 radical (unpaired) electrons. The fraction of sp³-hybridized carbons (Fsp3) is 0.333. The van der Waals surface area contributed by atoms with Gasteiger partial charge in [0.15, 0.2) is 5.78 Å². The minimum absolute atomic E-state index is 0.0425. The number of nitrogens with zero attached hydrogens (tertiary/aromatic N) is 1. The molecule has 0 aliphatic carbocycles. The van der Waals surface area contributed by atoms with Crippen molar-refractivity contribution >= 4 is 46.8 Å². The maximum absolute atomic E-state index is 11.5. The third-order valence-electron chi connectivity index (χ3n) is 1.67. The summed E-state index contributed by atoms with van der Waals surface area (Å²) in [7, 11) is 1.98. The van der Waals surface area contributed by atoms with Crippen molar-refractivity contribution in [3.63, 3.8) is 0 Å². The maximum Gasteiger partial charge on any atom is 0.192 e. The molecule has 1 rings (SSSR count). The standard InChI is InChI=1S/C9H11BBrNOS/c1-2-14-8-3-6(10)5-12-9(8)7(13)4-11/h3,5H,2,4,10H2,1H3. The molecule has 0 aliphatic rings. The lowest BCUT2D eigenvalue weighted by molar-refractivity contribution is 0.101. The molecule has 5 heteroatoms. The van der Waals surface area contributed by atoms with Gasteiger partial charge in [-0.25, -0.2) is 0 Å². The smallest absolute Gasteiger partial charge is 0.192 e. The summed E-state index contributed by atoms with van der Waals surface area (Å²) in [6.07, 6.45) is 1.73. The monoisotopic (exact) mass is 271 g/mol. The van der Waals surface area contributed by atoms with Crippen molar-refractivity contribution < 1.29 is 4.79 Å². The summed E-state index contributed by atoms with van der Waals surface area (Å²) < 4.78 is 0. The summed E-state index contributed by atoms with van der Waals surface area (Å²) in [5, 5.41) is 0.334. The first-order valence-corrected chi connectivity index (χ1v) is 6.48. The van der Waals surface area contributed by atoms with Gasteiger partial charge in [-0.2, -0.15) is 0 Å². The van der Waals surface area contributed by atoms with Crippen LogP contribution in [0, 0.1) is 0 Å². The first-order valence-electron chi connectivity index (χ1n) is 4.37. The van der Waals surface area contributed by atoms with Gasteiger partial charge in [0.2, 0.25) is 0 Å². The first-order chi connectivity index (χ1) is 6.69. The highest BCUT2D eigenvalue weighted by Crippen LogP contribution is 2.20. The molecule has 0 fully saturated rings. The highest BCUT2D eigenvalue weighted by Gasteiger charge is 2.11. The molecule has 0 N–H and O–H groups in total. The third-order valence-corrected chi connectivity index (χ3v) is 3.09. The number of halogens is 1. The summed E-state index contributed by atoms with van der Waals surface area (Å²) >= 11 is 4.81. The van der Waals surface area contributed by atoms with E-state index in [1.165, 1.54) is 0 Å². The van der Waals surface area contributed by atoms with Crippen LogP contribution in [0.25, 0.3) is 0 Å². The Morgan fingerprint density at radius 2 is 2.43 bits per heavy atom. The Morgan fingerprint density at radius 1 is 1.71 bits per heavy atom. The Hall–Kier alpha value is -0.285. The minimum atomic E-state index is 0.0425. The van der Waals surface area contributed by atoms with Crippen molar-refractivity contribution in [2.45, 2.75) is 11.8 Å². The van der Waals surface area contributed by atoms with Crippen LogP contribution in [0.5, 0.6) is 0 Å². The van der Waals surface area contributed by atoms with Crippen molar-refractivity contribution in [3.8, 4) is 0 Å². The summed E-state index contributed by atoms with van der Waals surface area (Å²) in [5.74, 6) is 0.995. The number of carbonyl (C=O) groups excluding carboxylic acids is 1. The molecule has 0 saturated heterocycles. The van der Waals surface area contributed by atoms with Crippen LogP contribution in [0.4, 0.5) is 0 Å². The zero-order valence-electron chi connectivity index (χ0n) is 8.21. The fourth-order valence-corrected chi connectivity index (χ4v) is 2.23. The summed E-state index contributed by atoms with van der Waals surface area (Å²) in [6.45, 7) is 2.06. The lowest BCUT2D eigenvalue weighted by Gasteiger charge is -2.05. The van der Waals surface area contributed by atoms with Gasteiger partial charge in [0, 0.05) is 11.1 Å². The molecule has 0 bridgehead atoms. The quantitative estimate of drug-likeness (QED) is 0.355. The van der Waals surface area contributed by atoms with E-state index < -0.39 is 0 Å². The second-order valence-corrected chi connectivity index (χ2v) is 4.72. The van der Waals surface area contributed by atoms with Gasteiger partial charge >= 0.3 is 0 Å². The molecule has 0 aromatic carbocycles. The Labute approximate surface area is 97.4 Å². The van der Waals surface area contributed by atoms with E-state index in [4.69, 9.17) is 0 Å². The summed E-state index contributed by atoms with van der Waals surface area (Å²) in [6, 6.07) is 2.01. The molecule has 0 aliphatic heterocycles. The van der Waals surface area contributed by atoms with Gasteiger partial charge in [-0.3, -0.25) is 9.78 Å². The van der Waals surface area contributed by atoms with Gasteiger partial charge < -0.3 is 0 Å². The van der Waals surface area contributed by atoms with Crippen molar-refractivity contribution in [1.29, 1.82) is 0 Å². The number of thioether (sulfide) groups is 1. The molecule has 14 heavy (non-hydrogen) atoms. The molecule has 74 valence electrons. The predicted octanol–water partition coefficient (Wildman–Crippen LogP) is 1.03. The van der Waals surface area contributed by atoms with Crippen LogP contribution in [-0.4, -0.2) is 29.7 Å². The predicted molar refractivity (Wildman–Crippen MR) is 66.9 cm³/mol. The number of carbonyl (C=O) groups is 1. The van der Waals surface area contributed by atoms with E-state index in [1.54, 1.807) is 18.0 Å². The van der Waals surface area contributed by atoms with Gasteiger partial charge in [-0.1, -0.05) is 34.4 Å². The Kier molecular flexibility index (Phi) is 4.68. The topological polar surface area (TPSA) is 30.0 Å². The molecular formula is C9H11BBrNOS. The van der Waals surface area contributed by atoms with E-state index >= 15 is 0 Å². The van der Waals surface area contributed by atoms with Gasteiger partial charge in [0.1, 0.15) is 13.5 Å². The number of hydrogen-bond acceptors (Lipinski definition) is 3. The molecule has 0 unspecified atom stereocenters. The van der Waals surface area contributed by atoms with Crippen LogP contribution < -0.4 is 5.46 Å². The van der Waals surface area contributed by atoms with E-state index in [9.17, 15) is 4.79 Å². The molecule has 0 spiro atoms. The SMILES string of the molecule is Bc1cnc(C(=O)CBr)c(SCC)c1. The Balaban J connectivity index is 3.07. The second-order valence-electron chi connectivity index (χ2n) is 2.85. The van der Waals surface area contributed by atoms with Crippen LogP contribution in [0.15, 0.2) is 17.2 Å². The average Bonchev–Trinajstić information content (AvgIpc) is 2.17. The summed E-state index contributed by atoms with van der Waals surface area (Å²) in [4.78, 5) is 16.6. The Morgan fingerprint density at radius 3 is 3.00 bits per heavy atom. The first kappa shape index (κ1) is 11.8. The summed E-state index contributed by atoms with van der Waals surface area (Å²) in [5.41, 5.74) is 1.67. The lowest BCUT2D eigenvalue weighted by Crippen LogP contribution is -2.11. The van der Waals surface area contributed by atoms with Gasteiger partial charge in [-0.05, 0) is 5.75 Å². The van der Waals surface area contributed by atoms with Crippen LogP contribution in [0.2, 0.25) is 0 Å². The largest absolute Gasteiger partial charge is 0.291 e. The maximum atomic E-state index is 11.5. The van der Waals surface area contributed by atoms with E-state index in [-0.39, 0.29) is 5.78 Å². The van der Waals surface area contributed by atoms with Crippen molar-refractivity contribution in [2.75, 3.05) is 11.1 Å². The molecular weight excluding hydrogens is 261 g/mol. The number of ketones is 1. The molecule has 1 aromatic heterocycles. The zero-order chi connectivity index (χ0) is 10.6. The zero-order valence-corrected chi connectivity index (χ0v) is 10.6. The third kappa shape index (κ3) is 2.85. The van der Waals surface area contributed by atoms with Crippen LogP contribution in [0.1, 0.15) is 17.4 Å². The minimum Gasteiger partial charge on any atom is -0.291 e. The van der Waals surface area contributed by atoms with Crippen molar-refractivity contribution in [1.82, 2.24) is 4.98 Å². The van der Waals surface area contributed by atoms with Crippen LogP contribution in [-0.2, 0) is 0 Å². The molecule has 0 amide bonds. The van der Waals surface area contributed by atoms with Gasteiger partial charge in [0.05, 0.1) is 5.33 Å². The highest BCUT2D eigenvalue weighted by molar-refractivity contribution is 9.09.